The molecule has 0 spiro atoms. The lowest BCUT2D eigenvalue weighted by Crippen LogP contribution is -2.39. The van der Waals surface area contributed by atoms with Gasteiger partial charge >= 0.3 is 0 Å². The lowest BCUT2D eigenvalue weighted by Gasteiger charge is -2.29. The fourth-order valence-corrected chi connectivity index (χ4v) is 2.84. The van der Waals surface area contributed by atoms with Gasteiger partial charge in [0.15, 0.2) is 0 Å². The Kier molecular flexibility index (Phi) is 7.29. The summed E-state index contributed by atoms with van der Waals surface area (Å²) in [6.07, 6.45) is 0. The van der Waals surface area contributed by atoms with E-state index in [0.717, 1.165) is 11.4 Å². The SMILES string of the molecule is Br.CN(C(=N)N(C)c1ccc(C(C)(C)C)cc1)c1ccc(C(C)(C)C)cc1. The molecule has 0 aromatic heterocycles. The number of hydrogen-bond acceptors (Lipinski definition) is 1. The van der Waals surface area contributed by atoms with Crippen molar-refractivity contribution in [3.05, 3.63) is 59.7 Å². The van der Waals surface area contributed by atoms with Gasteiger partial charge < -0.3 is 9.80 Å². The van der Waals surface area contributed by atoms with E-state index in [1.807, 2.05) is 23.9 Å². The van der Waals surface area contributed by atoms with Crippen LogP contribution in [0.25, 0.3) is 0 Å². The van der Waals surface area contributed by atoms with Crippen LogP contribution >= 0.6 is 17.0 Å². The number of anilines is 2. The number of nitrogens with zero attached hydrogens (tertiary/aromatic N) is 2. The Balaban J connectivity index is 0.00000364. The number of guanidine groups is 1. The molecule has 0 aliphatic rings. The van der Waals surface area contributed by atoms with E-state index in [0.29, 0.717) is 5.96 Å². The van der Waals surface area contributed by atoms with E-state index >= 15 is 0 Å². The fourth-order valence-electron chi connectivity index (χ4n) is 2.84. The fraction of sp³-hybridized carbons (Fsp3) is 0.435. The number of nitrogens with one attached hydrogen (secondary N) is 1. The molecule has 0 unspecified atom stereocenters. The number of rotatable bonds is 2. The van der Waals surface area contributed by atoms with Crippen LogP contribution in [-0.4, -0.2) is 20.1 Å². The largest absolute Gasteiger partial charge is 0.316 e. The Morgan fingerprint density at radius 2 is 0.889 bits per heavy atom. The van der Waals surface area contributed by atoms with Crippen LogP contribution in [-0.2, 0) is 10.8 Å². The van der Waals surface area contributed by atoms with Crippen molar-refractivity contribution in [3.63, 3.8) is 0 Å². The standard InChI is InChI=1S/C23H33N3.BrH/c1-22(2,3)17-9-13-19(14-10-17)25(7)21(24)26(8)20-15-11-18(12-16-20)23(4,5)6;/h9-16,24H,1-8H3;1H. The first-order valence-corrected chi connectivity index (χ1v) is 9.18. The maximum absolute atomic E-state index is 8.58. The summed E-state index contributed by atoms with van der Waals surface area (Å²) in [5.41, 5.74) is 4.90. The van der Waals surface area contributed by atoms with Gasteiger partial charge in [0.1, 0.15) is 0 Å². The van der Waals surface area contributed by atoms with E-state index in [1.54, 1.807) is 0 Å². The highest BCUT2D eigenvalue weighted by atomic mass is 79.9. The second-order valence-electron chi connectivity index (χ2n) is 9.04. The maximum atomic E-state index is 8.58. The van der Waals surface area contributed by atoms with Crippen LogP contribution in [0.3, 0.4) is 0 Å². The first kappa shape index (κ1) is 23.2. The molecule has 148 valence electrons. The molecule has 4 heteroatoms. The number of benzene rings is 2. The van der Waals surface area contributed by atoms with Gasteiger partial charge in [-0.3, -0.25) is 5.41 Å². The highest BCUT2D eigenvalue weighted by molar-refractivity contribution is 8.93. The molecule has 0 fully saturated rings. The van der Waals surface area contributed by atoms with Gasteiger partial charge in [-0.1, -0.05) is 65.8 Å². The van der Waals surface area contributed by atoms with Gasteiger partial charge in [0.25, 0.3) is 0 Å². The van der Waals surface area contributed by atoms with Crippen molar-refractivity contribution in [2.75, 3.05) is 23.9 Å². The zero-order chi connectivity index (χ0) is 19.7. The van der Waals surface area contributed by atoms with Gasteiger partial charge in [-0.2, -0.15) is 0 Å². The van der Waals surface area contributed by atoms with E-state index in [4.69, 9.17) is 5.41 Å². The summed E-state index contributed by atoms with van der Waals surface area (Å²) >= 11 is 0. The van der Waals surface area contributed by atoms with Crippen molar-refractivity contribution in [1.29, 1.82) is 5.41 Å². The number of halogens is 1. The van der Waals surface area contributed by atoms with Crippen molar-refractivity contribution >= 4 is 34.3 Å². The monoisotopic (exact) mass is 431 g/mol. The lowest BCUT2D eigenvalue weighted by molar-refractivity contribution is 0.590. The lowest BCUT2D eigenvalue weighted by atomic mass is 9.87. The summed E-state index contributed by atoms with van der Waals surface area (Å²) in [5, 5.41) is 8.58. The molecule has 0 aliphatic carbocycles. The van der Waals surface area contributed by atoms with Gasteiger partial charge in [0.05, 0.1) is 0 Å². The molecule has 0 heterocycles. The topological polar surface area (TPSA) is 30.3 Å². The maximum Gasteiger partial charge on any atom is 0.202 e. The van der Waals surface area contributed by atoms with Gasteiger partial charge in [-0.05, 0) is 46.2 Å². The Bertz CT molecular complexity index is 685. The quantitative estimate of drug-likeness (QED) is 0.442. The van der Waals surface area contributed by atoms with E-state index < -0.39 is 0 Å². The van der Waals surface area contributed by atoms with Crippen molar-refractivity contribution < 1.29 is 0 Å². The molecule has 1 N–H and O–H groups in total. The highest BCUT2D eigenvalue weighted by Gasteiger charge is 2.18. The van der Waals surface area contributed by atoms with Gasteiger partial charge in [0, 0.05) is 25.5 Å². The van der Waals surface area contributed by atoms with Gasteiger partial charge in [-0.15, -0.1) is 17.0 Å². The van der Waals surface area contributed by atoms with Crippen molar-refractivity contribution in [3.8, 4) is 0 Å². The second kappa shape index (κ2) is 8.47. The third-order valence-corrected chi connectivity index (χ3v) is 4.88. The Morgan fingerprint density at radius 1 is 0.630 bits per heavy atom. The van der Waals surface area contributed by atoms with Gasteiger partial charge in [-0.25, -0.2) is 0 Å². The Morgan fingerprint density at radius 3 is 1.11 bits per heavy atom. The smallest absolute Gasteiger partial charge is 0.202 e. The summed E-state index contributed by atoms with van der Waals surface area (Å²) in [7, 11) is 3.88. The molecular weight excluding hydrogens is 398 g/mol. The van der Waals surface area contributed by atoms with Crippen LogP contribution in [0.15, 0.2) is 48.5 Å². The summed E-state index contributed by atoms with van der Waals surface area (Å²) in [5.74, 6) is 0.442. The molecule has 2 aromatic rings. The summed E-state index contributed by atoms with van der Waals surface area (Å²) in [6.45, 7) is 13.3. The van der Waals surface area contributed by atoms with Crippen molar-refractivity contribution in [2.45, 2.75) is 52.4 Å². The molecule has 2 aromatic carbocycles. The third-order valence-electron chi connectivity index (χ3n) is 4.88. The minimum Gasteiger partial charge on any atom is -0.316 e. The molecular formula is C23H34BrN3. The van der Waals surface area contributed by atoms with Crippen molar-refractivity contribution in [2.24, 2.45) is 0 Å². The second-order valence-corrected chi connectivity index (χ2v) is 9.04. The van der Waals surface area contributed by atoms with Crippen LogP contribution in [0, 0.1) is 5.41 Å². The predicted molar refractivity (Wildman–Crippen MR) is 125 cm³/mol. The molecule has 0 aliphatic heterocycles. The third kappa shape index (κ3) is 5.58. The Labute approximate surface area is 175 Å². The van der Waals surface area contributed by atoms with E-state index in [1.165, 1.54) is 11.1 Å². The molecule has 0 amide bonds. The average Bonchev–Trinajstić information content (AvgIpc) is 2.58. The molecule has 0 saturated carbocycles. The summed E-state index contributed by atoms with van der Waals surface area (Å²) in [6, 6.07) is 17.0. The molecule has 0 radical (unpaired) electrons. The minimum atomic E-state index is 0. The van der Waals surface area contributed by atoms with Gasteiger partial charge in [0.2, 0.25) is 5.96 Å². The minimum absolute atomic E-state index is 0. The first-order valence-electron chi connectivity index (χ1n) is 9.18. The summed E-state index contributed by atoms with van der Waals surface area (Å²) < 4.78 is 0. The average molecular weight is 432 g/mol. The van der Waals surface area contributed by atoms with Crippen LogP contribution in [0.4, 0.5) is 11.4 Å². The number of hydrogen-bond donors (Lipinski definition) is 1. The Hall–Kier alpha value is -1.81. The van der Waals surface area contributed by atoms with Crippen molar-refractivity contribution in [1.82, 2.24) is 0 Å². The highest BCUT2D eigenvalue weighted by Crippen LogP contribution is 2.27. The molecule has 2 rings (SSSR count). The van der Waals surface area contributed by atoms with Crippen LogP contribution in [0.1, 0.15) is 52.7 Å². The molecule has 0 bridgehead atoms. The first-order chi connectivity index (χ1) is 11.9. The predicted octanol–water partition coefficient (Wildman–Crippen LogP) is 6.37. The van der Waals surface area contributed by atoms with Crippen LogP contribution < -0.4 is 9.80 Å². The van der Waals surface area contributed by atoms with E-state index in [2.05, 4.69) is 90.1 Å². The molecule has 27 heavy (non-hydrogen) atoms. The molecule has 0 saturated heterocycles. The van der Waals surface area contributed by atoms with E-state index in [9.17, 15) is 0 Å². The van der Waals surface area contributed by atoms with E-state index in [-0.39, 0.29) is 27.8 Å². The summed E-state index contributed by atoms with van der Waals surface area (Å²) in [4.78, 5) is 3.81. The molecule has 3 nitrogen and oxygen atoms in total. The normalized spacial score (nSPS) is 11.6. The van der Waals surface area contributed by atoms with Crippen LogP contribution in [0.5, 0.6) is 0 Å². The van der Waals surface area contributed by atoms with Crippen LogP contribution in [0.2, 0.25) is 0 Å². The molecule has 0 atom stereocenters. The zero-order valence-corrected chi connectivity index (χ0v) is 19.6. The zero-order valence-electron chi connectivity index (χ0n) is 17.9.